The Morgan fingerprint density at radius 3 is 2.15 bits per heavy atom. The molecular weight excluding hydrogens is 380 g/mol. The molecule has 4 aromatic heterocycles. The van der Waals surface area contributed by atoms with Crippen LogP contribution < -0.4 is 0 Å². The molecule has 0 spiro atoms. The lowest BCUT2D eigenvalue weighted by Crippen LogP contribution is -2.03. The number of carbonyl (C=O) groups is 2. The van der Waals surface area contributed by atoms with Crippen LogP contribution in [0.15, 0.2) is 36.7 Å². The first kappa shape index (κ1) is 19.1. The smallest absolute Gasteiger partial charge is 0.348 e. The fourth-order valence-electron chi connectivity index (χ4n) is 2.62. The molecule has 4 aromatic rings. The van der Waals surface area contributed by atoms with Crippen LogP contribution in [-0.2, 0) is 4.74 Å². The fraction of sp³-hybridized carbons (Fsp3) is 0.200. The zero-order valence-electron chi connectivity index (χ0n) is 15.2. The second-order valence-electron chi connectivity index (χ2n) is 5.69. The van der Waals surface area contributed by atoms with Gasteiger partial charge in [0.1, 0.15) is 4.88 Å². The second-order valence-corrected chi connectivity index (χ2v) is 7.82. The number of aryl methyl sites for hydroxylation is 2. The maximum atomic E-state index is 11.6. The Balaban J connectivity index is 0.000000159. The van der Waals surface area contributed by atoms with E-state index in [0.29, 0.717) is 11.5 Å². The van der Waals surface area contributed by atoms with Crippen molar-refractivity contribution in [2.75, 3.05) is 6.61 Å². The molecular formula is C20H18N2O3S2. The molecule has 0 fully saturated rings. The quantitative estimate of drug-likeness (QED) is 0.350. The molecule has 27 heavy (non-hydrogen) atoms. The molecule has 0 amide bonds. The van der Waals surface area contributed by atoms with Gasteiger partial charge < -0.3 is 4.74 Å². The molecule has 0 atom stereocenters. The topological polar surface area (TPSA) is 69.2 Å². The van der Waals surface area contributed by atoms with E-state index in [9.17, 15) is 9.59 Å². The number of thiophene rings is 2. The van der Waals surface area contributed by atoms with Crippen LogP contribution in [0.25, 0.3) is 20.4 Å². The van der Waals surface area contributed by atoms with E-state index in [1.54, 1.807) is 19.3 Å². The third-order valence-corrected chi connectivity index (χ3v) is 6.36. The van der Waals surface area contributed by atoms with E-state index in [0.717, 1.165) is 42.7 Å². The summed E-state index contributed by atoms with van der Waals surface area (Å²) in [4.78, 5) is 32.1. The zero-order chi connectivity index (χ0) is 19.4. The standard InChI is InChI=1S/C11H11NO2S.C9H7NOS/c1-3-14-11(13)10-7(2)9-8(15-10)5-4-6-12-9;1-6-8(5-11)12-7-3-2-4-10-9(6)7/h4-6H,3H2,1-2H3;2-5H,1H3. The van der Waals surface area contributed by atoms with Crippen molar-refractivity contribution in [2.45, 2.75) is 20.8 Å². The van der Waals surface area contributed by atoms with Crippen molar-refractivity contribution in [1.82, 2.24) is 9.97 Å². The fourth-order valence-corrected chi connectivity index (χ4v) is 4.66. The maximum absolute atomic E-state index is 11.6. The number of aldehydes is 1. The van der Waals surface area contributed by atoms with Gasteiger partial charge in [0.25, 0.3) is 0 Å². The molecule has 5 nitrogen and oxygen atoms in total. The van der Waals surface area contributed by atoms with Crippen LogP contribution in [0, 0.1) is 13.8 Å². The van der Waals surface area contributed by atoms with Crippen LogP contribution in [-0.4, -0.2) is 28.8 Å². The zero-order valence-corrected chi connectivity index (χ0v) is 16.8. The summed E-state index contributed by atoms with van der Waals surface area (Å²) < 4.78 is 7.09. The molecule has 7 heteroatoms. The number of ether oxygens (including phenoxy) is 1. The van der Waals surface area contributed by atoms with Gasteiger partial charge in [-0.15, -0.1) is 22.7 Å². The number of hydrogen-bond acceptors (Lipinski definition) is 7. The molecule has 4 rings (SSSR count). The SMILES string of the molecule is CCOC(=O)c1sc2cccnc2c1C.Cc1c(C=O)sc2cccnc12. The molecule has 0 radical (unpaired) electrons. The van der Waals surface area contributed by atoms with E-state index >= 15 is 0 Å². The van der Waals surface area contributed by atoms with Crippen molar-refractivity contribution < 1.29 is 14.3 Å². The van der Waals surface area contributed by atoms with E-state index in [1.807, 2.05) is 38.1 Å². The molecule has 138 valence electrons. The highest BCUT2D eigenvalue weighted by atomic mass is 32.1. The van der Waals surface area contributed by atoms with Gasteiger partial charge in [-0.25, -0.2) is 4.79 Å². The Hall–Kier alpha value is -2.64. The number of nitrogens with zero attached hydrogens (tertiary/aromatic N) is 2. The van der Waals surface area contributed by atoms with Gasteiger partial charge in [0.2, 0.25) is 0 Å². The first-order chi connectivity index (χ1) is 13.1. The number of hydrogen-bond donors (Lipinski definition) is 0. The van der Waals surface area contributed by atoms with Crippen molar-refractivity contribution in [2.24, 2.45) is 0 Å². The van der Waals surface area contributed by atoms with Gasteiger partial charge in [0.15, 0.2) is 6.29 Å². The van der Waals surface area contributed by atoms with Gasteiger partial charge in [0.05, 0.1) is 31.9 Å². The summed E-state index contributed by atoms with van der Waals surface area (Å²) >= 11 is 2.93. The molecule has 0 bridgehead atoms. The highest BCUT2D eigenvalue weighted by Gasteiger charge is 2.16. The number of esters is 1. The van der Waals surface area contributed by atoms with Crippen LogP contribution >= 0.6 is 22.7 Å². The average Bonchev–Trinajstić information content (AvgIpc) is 3.20. The first-order valence-electron chi connectivity index (χ1n) is 8.37. The highest BCUT2D eigenvalue weighted by molar-refractivity contribution is 7.21. The Morgan fingerprint density at radius 2 is 1.63 bits per heavy atom. The van der Waals surface area contributed by atoms with Crippen LogP contribution in [0.1, 0.15) is 37.4 Å². The Kier molecular flexibility index (Phi) is 5.93. The summed E-state index contributed by atoms with van der Waals surface area (Å²) in [6.07, 6.45) is 4.37. The number of rotatable bonds is 3. The number of carbonyl (C=O) groups excluding carboxylic acids is 2. The summed E-state index contributed by atoms with van der Waals surface area (Å²) in [7, 11) is 0. The van der Waals surface area contributed by atoms with Crippen molar-refractivity contribution in [1.29, 1.82) is 0 Å². The van der Waals surface area contributed by atoms with Gasteiger partial charge in [-0.05, 0) is 50.6 Å². The van der Waals surface area contributed by atoms with Crippen molar-refractivity contribution >= 4 is 55.4 Å². The monoisotopic (exact) mass is 398 g/mol. The Labute approximate surface area is 164 Å². The van der Waals surface area contributed by atoms with Crippen molar-refractivity contribution in [3.63, 3.8) is 0 Å². The number of fused-ring (bicyclic) bond motifs is 2. The minimum atomic E-state index is -0.252. The lowest BCUT2D eigenvalue weighted by molar-refractivity contribution is 0.0531. The summed E-state index contributed by atoms with van der Waals surface area (Å²) in [5.41, 5.74) is 3.75. The first-order valence-corrected chi connectivity index (χ1v) is 10.0. The van der Waals surface area contributed by atoms with E-state index in [2.05, 4.69) is 9.97 Å². The largest absolute Gasteiger partial charge is 0.462 e. The predicted octanol–water partition coefficient (Wildman–Crippen LogP) is 5.20. The molecule has 0 saturated heterocycles. The molecule has 0 unspecified atom stereocenters. The maximum Gasteiger partial charge on any atom is 0.348 e. The minimum absolute atomic E-state index is 0.252. The van der Waals surface area contributed by atoms with Gasteiger partial charge in [0, 0.05) is 18.0 Å². The minimum Gasteiger partial charge on any atom is -0.462 e. The van der Waals surface area contributed by atoms with Crippen molar-refractivity contribution in [3.05, 3.63) is 57.5 Å². The van der Waals surface area contributed by atoms with E-state index in [4.69, 9.17) is 4.74 Å². The Morgan fingerprint density at radius 1 is 1.04 bits per heavy atom. The van der Waals surface area contributed by atoms with Gasteiger partial charge >= 0.3 is 5.97 Å². The third kappa shape index (κ3) is 3.89. The molecule has 0 aliphatic heterocycles. The van der Waals surface area contributed by atoms with Crippen LogP contribution in [0.2, 0.25) is 0 Å². The van der Waals surface area contributed by atoms with Gasteiger partial charge in [-0.1, -0.05) is 0 Å². The number of aromatic nitrogens is 2. The van der Waals surface area contributed by atoms with E-state index < -0.39 is 0 Å². The normalized spacial score (nSPS) is 10.5. The molecule has 0 aliphatic carbocycles. The molecule has 0 N–H and O–H groups in total. The number of pyridine rings is 2. The highest BCUT2D eigenvalue weighted by Crippen LogP contribution is 2.29. The summed E-state index contributed by atoms with van der Waals surface area (Å²) in [5.74, 6) is -0.252. The summed E-state index contributed by atoms with van der Waals surface area (Å²) in [5, 5.41) is 0. The van der Waals surface area contributed by atoms with E-state index in [1.165, 1.54) is 22.7 Å². The van der Waals surface area contributed by atoms with Crippen molar-refractivity contribution in [3.8, 4) is 0 Å². The lowest BCUT2D eigenvalue weighted by atomic mass is 10.2. The van der Waals surface area contributed by atoms with E-state index in [-0.39, 0.29) is 5.97 Å². The summed E-state index contributed by atoms with van der Waals surface area (Å²) in [6, 6.07) is 7.69. The van der Waals surface area contributed by atoms with Gasteiger partial charge in [-0.3, -0.25) is 14.8 Å². The molecule has 0 saturated carbocycles. The Bertz CT molecular complexity index is 1120. The average molecular weight is 399 g/mol. The van der Waals surface area contributed by atoms with Crippen LogP contribution in [0.3, 0.4) is 0 Å². The predicted molar refractivity (Wildman–Crippen MR) is 110 cm³/mol. The second kappa shape index (κ2) is 8.37. The molecule has 0 aliphatic rings. The third-order valence-electron chi connectivity index (χ3n) is 3.96. The lowest BCUT2D eigenvalue weighted by Gasteiger charge is -1.98. The molecule has 4 heterocycles. The van der Waals surface area contributed by atoms with Gasteiger partial charge in [-0.2, -0.15) is 0 Å². The van der Waals surface area contributed by atoms with Crippen LogP contribution in [0.4, 0.5) is 0 Å². The van der Waals surface area contributed by atoms with Crippen LogP contribution in [0.5, 0.6) is 0 Å². The molecule has 0 aromatic carbocycles. The summed E-state index contributed by atoms with van der Waals surface area (Å²) in [6.45, 7) is 6.03.